The summed E-state index contributed by atoms with van der Waals surface area (Å²) in [5.74, 6) is -0.229. The summed E-state index contributed by atoms with van der Waals surface area (Å²) in [4.78, 5) is 9.31. The predicted octanol–water partition coefficient (Wildman–Crippen LogP) is 1.87. The SMILES string of the molecule is CN1CCN(Cc2ccc3cc(F)ccc3n2)C[C@@H]1CCO. The summed E-state index contributed by atoms with van der Waals surface area (Å²) in [6.45, 7) is 3.97. The van der Waals surface area contributed by atoms with E-state index >= 15 is 0 Å². The molecular weight excluding hydrogens is 281 g/mol. The number of likely N-dealkylation sites (N-methyl/N-ethyl adjacent to an activating group) is 1. The molecule has 1 aromatic heterocycles. The third-order valence-corrected chi connectivity index (χ3v) is 4.42. The largest absolute Gasteiger partial charge is 0.396 e. The van der Waals surface area contributed by atoms with Crippen molar-refractivity contribution in [1.82, 2.24) is 14.8 Å². The van der Waals surface area contributed by atoms with E-state index in [-0.39, 0.29) is 12.4 Å². The van der Waals surface area contributed by atoms with Crippen LogP contribution < -0.4 is 0 Å². The van der Waals surface area contributed by atoms with Crippen molar-refractivity contribution < 1.29 is 9.50 Å². The van der Waals surface area contributed by atoms with Gasteiger partial charge in [0.2, 0.25) is 0 Å². The molecule has 3 rings (SSSR count). The zero-order chi connectivity index (χ0) is 15.5. The van der Waals surface area contributed by atoms with E-state index in [2.05, 4.69) is 21.8 Å². The number of halogens is 1. The average molecular weight is 303 g/mol. The van der Waals surface area contributed by atoms with Crippen LogP contribution in [0.25, 0.3) is 10.9 Å². The molecule has 0 unspecified atom stereocenters. The Labute approximate surface area is 130 Å². The monoisotopic (exact) mass is 303 g/mol. The fourth-order valence-corrected chi connectivity index (χ4v) is 3.07. The van der Waals surface area contributed by atoms with Crippen LogP contribution in [0, 0.1) is 5.82 Å². The number of aromatic nitrogens is 1. The Morgan fingerprint density at radius 2 is 2.14 bits per heavy atom. The summed E-state index contributed by atoms with van der Waals surface area (Å²) in [6, 6.07) is 9.00. The van der Waals surface area contributed by atoms with Crippen molar-refractivity contribution in [2.24, 2.45) is 0 Å². The van der Waals surface area contributed by atoms with Gasteiger partial charge in [-0.15, -0.1) is 0 Å². The molecule has 4 nitrogen and oxygen atoms in total. The third-order valence-electron chi connectivity index (χ3n) is 4.42. The standard InChI is InChI=1S/C17H22FN3O/c1-20-7-8-21(12-16(20)6-9-22)11-15-4-2-13-10-14(18)3-5-17(13)19-15/h2-5,10,16,22H,6-9,11-12H2,1H3/t16-/m0/s1. The number of fused-ring (bicyclic) bond motifs is 1. The van der Waals surface area contributed by atoms with Gasteiger partial charge in [-0.2, -0.15) is 0 Å². The zero-order valence-corrected chi connectivity index (χ0v) is 12.9. The molecule has 2 heterocycles. The molecule has 22 heavy (non-hydrogen) atoms. The maximum Gasteiger partial charge on any atom is 0.123 e. The van der Waals surface area contributed by atoms with Crippen LogP contribution in [-0.2, 0) is 6.54 Å². The van der Waals surface area contributed by atoms with Crippen molar-refractivity contribution in [2.45, 2.75) is 19.0 Å². The normalized spacial score (nSPS) is 20.6. The van der Waals surface area contributed by atoms with Crippen LogP contribution in [-0.4, -0.2) is 59.2 Å². The number of aliphatic hydroxyl groups is 1. The van der Waals surface area contributed by atoms with Gasteiger partial charge in [-0.3, -0.25) is 9.88 Å². The van der Waals surface area contributed by atoms with Gasteiger partial charge in [-0.05, 0) is 37.7 Å². The van der Waals surface area contributed by atoms with E-state index in [4.69, 9.17) is 5.11 Å². The number of aliphatic hydroxyl groups excluding tert-OH is 1. The summed E-state index contributed by atoms with van der Waals surface area (Å²) in [5.41, 5.74) is 1.84. The van der Waals surface area contributed by atoms with Crippen molar-refractivity contribution in [3.05, 3.63) is 41.8 Å². The smallest absolute Gasteiger partial charge is 0.123 e. The minimum absolute atomic E-state index is 0.225. The topological polar surface area (TPSA) is 39.6 Å². The summed E-state index contributed by atoms with van der Waals surface area (Å²) in [7, 11) is 2.11. The van der Waals surface area contributed by atoms with Gasteiger partial charge in [0.05, 0.1) is 11.2 Å². The van der Waals surface area contributed by atoms with Crippen molar-refractivity contribution in [3.63, 3.8) is 0 Å². The predicted molar refractivity (Wildman–Crippen MR) is 85.1 cm³/mol. The molecule has 1 N–H and O–H groups in total. The lowest BCUT2D eigenvalue weighted by Crippen LogP contribution is -2.51. The van der Waals surface area contributed by atoms with E-state index in [9.17, 15) is 4.39 Å². The van der Waals surface area contributed by atoms with Gasteiger partial charge >= 0.3 is 0 Å². The molecule has 1 saturated heterocycles. The molecule has 0 aliphatic carbocycles. The lowest BCUT2D eigenvalue weighted by atomic mass is 10.1. The quantitative estimate of drug-likeness (QED) is 0.936. The highest BCUT2D eigenvalue weighted by Crippen LogP contribution is 2.17. The van der Waals surface area contributed by atoms with Gasteiger partial charge in [0.25, 0.3) is 0 Å². The fourth-order valence-electron chi connectivity index (χ4n) is 3.07. The van der Waals surface area contributed by atoms with Crippen LogP contribution in [0.4, 0.5) is 4.39 Å². The second-order valence-electron chi connectivity index (χ2n) is 6.02. The minimum atomic E-state index is -0.229. The number of hydrogen-bond acceptors (Lipinski definition) is 4. The molecule has 118 valence electrons. The van der Waals surface area contributed by atoms with E-state index in [1.54, 1.807) is 6.07 Å². The van der Waals surface area contributed by atoms with Crippen molar-refractivity contribution in [1.29, 1.82) is 0 Å². The fraction of sp³-hybridized carbons (Fsp3) is 0.471. The molecule has 2 aromatic rings. The van der Waals surface area contributed by atoms with E-state index in [1.807, 2.05) is 12.1 Å². The molecule has 0 amide bonds. The van der Waals surface area contributed by atoms with Crippen molar-refractivity contribution in [2.75, 3.05) is 33.3 Å². The molecule has 1 aliphatic heterocycles. The molecule has 0 bridgehead atoms. The molecule has 1 aromatic carbocycles. The van der Waals surface area contributed by atoms with Gasteiger partial charge in [0, 0.05) is 44.2 Å². The second-order valence-corrected chi connectivity index (χ2v) is 6.02. The molecule has 0 radical (unpaired) electrons. The summed E-state index contributed by atoms with van der Waals surface area (Å²) in [6.07, 6.45) is 0.803. The van der Waals surface area contributed by atoms with E-state index in [0.29, 0.717) is 6.04 Å². The Hall–Kier alpha value is -1.56. The Morgan fingerprint density at radius 3 is 2.95 bits per heavy atom. The Balaban J connectivity index is 1.71. The highest BCUT2D eigenvalue weighted by Gasteiger charge is 2.23. The van der Waals surface area contributed by atoms with Crippen LogP contribution in [0.2, 0.25) is 0 Å². The molecule has 1 atom stereocenters. The van der Waals surface area contributed by atoms with Gasteiger partial charge < -0.3 is 10.0 Å². The Morgan fingerprint density at radius 1 is 1.27 bits per heavy atom. The van der Waals surface area contributed by atoms with Crippen LogP contribution in [0.15, 0.2) is 30.3 Å². The molecule has 1 fully saturated rings. The minimum Gasteiger partial charge on any atom is -0.396 e. The van der Waals surface area contributed by atoms with E-state index < -0.39 is 0 Å². The molecule has 0 saturated carbocycles. The number of hydrogen-bond donors (Lipinski definition) is 1. The number of piperazine rings is 1. The van der Waals surface area contributed by atoms with Gasteiger partial charge in [-0.25, -0.2) is 4.39 Å². The first-order chi connectivity index (χ1) is 10.7. The number of rotatable bonds is 4. The summed E-state index contributed by atoms with van der Waals surface area (Å²) in [5, 5.41) is 10.00. The van der Waals surface area contributed by atoms with E-state index in [1.165, 1.54) is 12.1 Å². The Kier molecular flexibility index (Phi) is 4.66. The van der Waals surface area contributed by atoms with Crippen molar-refractivity contribution in [3.8, 4) is 0 Å². The number of benzene rings is 1. The third kappa shape index (κ3) is 3.43. The van der Waals surface area contributed by atoms with E-state index in [0.717, 1.165) is 49.2 Å². The van der Waals surface area contributed by atoms with Gasteiger partial charge in [0.1, 0.15) is 5.82 Å². The van der Waals surface area contributed by atoms with Crippen LogP contribution in [0.1, 0.15) is 12.1 Å². The van der Waals surface area contributed by atoms with Gasteiger partial charge in [-0.1, -0.05) is 6.07 Å². The molecule has 0 spiro atoms. The first-order valence-corrected chi connectivity index (χ1v) is 7.74. The maximum absolute atomic E-state index is 13.2. The van der Waals surface area contributed by atoms with Crippen LogP contribution in [0.3, 0.4) is 0 Å². The zero-order valence-electron chi connectivity index (χ0n) is 12.9. The van der Waals surface area contributed by atoms with Gasteiger partial charge in [0.15, 0.2) is 0 Å². The van der Waals surface area contributed by atoms with Crippen molar-refractivity contribution >= 4 is 10.9 Å². The summed E-state index contributed by atoms with van der Waals surface area (Å²) < 4.78 is 13.2. The average Bonchev–Trinajstić information content (AvgIpc) is 2.51. The first-order valence-electron chi connectivity index (χ1n) is 7.74. The molecule has 1 aliphatic rings. The highest BCUT2D eigenvalue weighted by atomic mass is 19.1. The lowest BCUT2D eigenvalue weighted by molar-refractivity contribution is 0.0736. The molecule has 5 heteroatoms. The second kappa shape index (κ2) is 6.69. The number of nitrogens with zero attached hydrogens (tertiary/aromatic N) is 3. The molecular formula is C17H22FN3O. The first kappa shape index (κ1) is 15.3. The number of pyridine rings is 1. The lowest BCUT2D eigenvalue weighted by Gasteiger charge is -2.39. The highest BCUT2D eigenvalue weighted by molar-refractivity contribution is 5.78. The summed E-state index contributed by atoms with van der Waals surface area (Å²) >= 11 is 0. The Bertz CT molecular complexity index is 649. The van der Waals surface area contributed by atoms with Crippen LogP contribution >= 0.6 is 0 Å². The van der Waals surface area contributed by atoms with Crippen LogP contribution in [0.5, 0.6) is 0 Å². The maximum atomic E-state index is 13.2.